The Labute approximate surface area is 101 Å². The van der Waals surface area contributed by atoms with Gasteiger partial charge in [-0.3, -0.25) is 9.59 Å². The molecule has 0 aliphatic rings. The topological polar surface area (TPSA) is 72.2 Å². The Morgan fingerprint density at radius 1 is 1.29 bits per heavy atom. The van der Waals surface area contributed by atoms with Gasteiger partial charge in [0.15, 0.2) is 0 Å². The highest BCUT2D eigenvalue weighted by atomic mass is 16.2. The summed E-state index contributed by atoms with van der Waals surface area (Å²) in [6.45, 7) is 2.19. The molecule has 3 N–H and O–H groups in total. The Kier molecular flexibility index (Phi) is 5.20. The number of hydrogen-bond donors (Lipinski definition) is 2. The number of carbonyl (C=O) groups excluding carboxylic acids is 2. The molecule has 1 atom stereocenters. The maximum absolute atomic E-state index is 11.3. The quantitative estimate of drug-likeness (QED) is 0.775. The molecule has 0 saturated heterocycles. The minimum atomic E-state index is -0.461. The minimum Gasteiger partial charge on any atom is -0.369 e. The van der Waals surface area contributed by atoms with E-state index in [4.69, 9.17) is 5.73 Å². The lowest BCUT2D eigenvalue weighted by Crippen LogP contribution is -2.34. The smallest absolute Gasteiger partial charge is 0.226 e. The van der Waals surface area contributed by atoms with Crippen LogP contribution in [-0.2, 0) is 9.59 Å². The van der Waals surface area contributed by atoms with Gasteiger partial charge in [0, 0.05) is 13.0 Å². The summed E-state index contributed by atoms with van der Waals surface area (Å²) in [7, 11) is 0. The number of benzene rings is 1. The maximum Gasteiger partial charge on any atom is 0.226 e. The number of nitrogens with two attached hydrogens (primary N) is 1. The summed E-state index contributed by atoms with van der Waals surface area (Å²) >= 11 is 0. The third-order valence-electron chi connectivity index (χ3n) is 2.53. The van der Waals surface area contributed by atoms with Crippen LogP contribution in [0.4, 0.5) is 0 Å². The number of carbonyl (C=O) groups is 2. The van der Waals surface area contributed by atoms with Gasteiger partial charge in [0.1, 0.15) is 0 Å². The van der Waals surface area contributed by atoms with Gasteiger partial charge in [-0.1, -0.05) is 37.3 Å². The van der Waals surface area contributed by atoms with Gasteiger partial charge in [0.05, 0.1) is 5.92 Å². The molecule has 92 valence electrons. The lowest BCUT2D eigenvalue weighted by atomic mass is 9.98. The number of primary amides is 1. The largest absolute Gasteiger partial charge is 0.369 e. The number of amides is 2. The minimum absolute atomic E-state index is 0.0466. The van der Waals surface area contributed by atoms with Crippen molar-refractivity contribution in [1.82, 2.24) is 5.32 Å². The first-order valence-electron chi connectivity index (χ1n) is 5.76. The average Bonchev–Trinajstić information content (AvgIpc) is 2.30. The highest BCUT2D eigenvalue weighted by molar-refractivity contribution is 5.83. The molecule has 1 rings (SSSR count). The summed E-state index contributed by atoms with van der Waals surface area (Å²) in [4.78, 5) is 22.7. The van der Waals surface area contributed by atoms with Crippen molar-refractivity contribution in [3.63, 3.8) is 0 Å². The van der Waals surface area contributed by atoms with E-state index in [0.29, 0.717) is 6.42 Å². The van der Waals surface area contributed by atoms with Gasteiger partial charge < -0.3 is 11.1 Å². The standard InChI is InChI=1S/C13H18N2O2/c1-2-6-12(16)15-9-11(13(14)17)10-7-4-3-5-8-10/h3-5,7-8,11H,2,6,9H2,1H3,(H2,14,17)(H,15,16)/t11-/m0/s1. The zero-order valence-electron chi connectivity index (χ0n) is 9.98. The maximum atomic E-state index is 11.3. The van der Waals surface area contributed by atoms with Gasteiger partial charge in [-0.15, -0.1) is 0 Å². The molecular formula is C13H18N2O2. The molecule has 4 nitrogen and oxygen atoms in total. The first-order chi connectivity index (χ1) is 8.15. The van der Waals surface area contributed by atoms with Gasteiger partial charge in [0.25, 0.3) is 0 Å². The van der Waals surface area contributed by atoms with Crippen molar-refractivity contribution in [3.8, 4) is 0 Å². The second-order valence-electron chi connectivity index (χ2n) is 3.92. The lowest BCUT2D eigenvalue weighted by molar-refractivity contribution is -0.122. The van der Waals surface area contributed by atoms with E-state index in [1.807, 2.05) is 37.3 Å². The fraction of sp³-hybridized carbons (Fsp3) is 0.385. The first kappa shape index (κ1) is 13.2. The number of nitrogens with one attached hydrogen (secondary N) is 1. The lowest BCUT2D eigenvalue weighted by Gasteiger charge is -2.14. The molecular weight excluding hydrogens is 216 g/mol. The highest BCUT2D eigenvalue weighted by Gasteiger charge is 2.17. The van der Waals surface area contributed by atoms with Crippen molar-refractivity contribution in [3.05, 3.63) is 35.9 Å². The number of rotatable bonds is 6. The normalized spacial score (nSPS) is 11.8. The average molecular weight is 234 g/mol. The fourth-order valence-corrected chi connectivity index (χ4v) is 1.60. The van der Waals surface area contributed by atoms with Crippen molar-refractivity contribution >= 4 is 11.8 Å². The van der Waals surface area contributed by atoms with E-state index in [0.717, 1.165) is 12.0 Å². The summed E-state index contributed by atoms with van der Waals surface area (Å²) in [6.07, 6.45) is 1.26. The second kappa shape index (κ2) is 6.68. The third kappa shape index (κ3) is 4.26. The molecule has 0 unspecified atom stereocenters. The molecule has 4 heteroatoms. The molecule has 2 amide bonds. The van der Waals surface area contributed by atoms with E-state index in [1.54, 1.807) is 0 Å². The van der Waals surface area contributed by atoms with Gasteiger partial charge in [-0.2, -0.15) is 0 Å². The summed E-state index contributed by atoms with van der Waals surface area (Å²) in [5.74, 6) is -0.931. The zero-order valence-corrected chi connectivity index (χ0v) is 9.98. The molecule has 0 bridgehead atoms. The van der Waals surface area contributed by atoms with Gasteiger partial charge in [-0.05, 0) is 12.0 Å². The van der Waals surface area contributed by atoms with E-state index in [9.17, 15) is 9.59 Å². The Bertz CT molecular complexity index is 376. The van der Waals surface area contributed by atoms with Crippen LogP contribution in [0.3, 0.4) is 0 Å². The Hall–Kier alpha value is -1.84. The van der Waals surface area contributed by atoms with Crippen LogP contribution in [0, 0.1) is 0 Å². The SMILES string of the molecule is CCCC(=O)NC[C@H](C(N)=O)c1ccccc1. The van der Waals surface area contributed by atoms with Gasteiger partial charge in [-0.25, -0.2) is 0 Å². The molecule has 0 aromatic heterocycles. The second-order valence-corrected chi connectivity index (χ2v) is 3.92. The van der Waals surface area contributed by atoms with E-state index < -0.39 is 11.8 Å². The summed E-state index contributed by atoms with van der Waals surface area (Å²) in [5, 5.41) is 2.72. The van der Waals surface area contributed by atoms with Crippen LogP contribution in [0.2, 0.25) is 0 Å². The van der Waals surface area contributed by atoms with Crippen molar-refractivity contribution in [2.75, 3.05) is 6.54 Å². The molecule has 1 aromatic carbocycles. The molecule has 0 spiro atoms. The molecule has 0 heterocycles. The van der Waals surface area contributed by atoms with E-state index >= 15 is 0 Å². The predicted molar refractivity (Wildman–Crippen MR) is 66.3 cm³/mol. The molecule has 0 saturated carbocycles. The van der Waals surface area contributed by atoms with Gasteiger partial charge in [0.2, 0.25) is 11.8 Å². The molecule has 17 heavy (non-hydrogen) atoms. The highest BCUT2D eigenvalue weighted by Crippen LogP contribution is 2.13. The molecule has 0 fully saturated rings. The van der Waals surface area contributed by atoms with Crippen LogP contribution in [0.5, 0.6) is 0 Å². The molecule has 0 radical (unpaired) electrons. The zero-order chi connectivity index (χ0) is 12.7. The number of hydrogen-bond acceptors (Lipinski definition) is 2. The Balaban J connectivity index is 2.62. The van der Waals surface area contributed by atoms with Crippen molar-refractivity contribution in [1.29, 1.82) is 0 Å². The fourth-order valence-electron chi connectivity index (χ4n) is 1.60. The summed E-state index contributed by atoms with van der Waals surface area (Å²) in [6, 6.07) is 9.23. The van der Waals surface area contributed by atoms with Crippen molar-refractivity contribution < 1.29 is 9.59 Å². The van der Waals surface area contributed by atoms with Crippen molar-refractivity contribution in [2.45, 2.75) is 25.7 Å². The Morgan fingerprint density at radius 3 is 2.47 bits per heavy atom. The third-order valence-corrected chi connectivity index (χ3v) is 2.53. The van der Waals surface area contributed by atoms with E-state index in [1.165, 1.54) is 0 Å². The van der Waals surface area contributed by atoms with Crippen LogP contribution in [0.25, 0.3) is 0 Å². The van der Waals surface area contributed by atoms with Crippen LogP contribution in [-0.4, -0.2) is 18.4 Å². The summed E-state index contributed by atoms with van der Waals surface area (Å²) in [5.41, 5.74) is 6.17. The van der Waals surface area contributed by atoms with Crippen molar-refractivity contribution in [2.24, 2.45) is 5.73 Å². The predicted octanol–water partition coefficient (Wildman–Crippen LogP) is 1.17. The summed E-state index contributed by atoms with van der Waals surface area (Å²) < 4.78 is 0. The monoisotopic (exact) mass is 234 g/mol. The molecule has 0 aliphatic heterocycles. The van der Waals surface area contributed by atoms with Crippen LogP contribution >= 0.6 is 0 Å². The molecule has 1 aromatic rings. The van der Waals surface area contributed by atoms with E-state index in [-0.39, 0.29) is 12.5 Å². The molecule has 0 aliphatic carbocycles. The van der Waals surface area contributed by atoms with Crippen LogP contribution in [0.15, 0.2) is 30.3 Å². The first-order valence-corrected chi connectivity index (χ1v) is 5.76. The van der Waals surface area contributed by atoms with Crippen LogP contribution < -0.4 is 11.1 Å². The van der Waals surface area contributed by atoms with Gasteiger partial charge >= 0.3 is 0 Å². The van der Waals surface area contributed by atoms with E-state index in [2.05, 4.69) is 5.32 Å². The van der Waals surface area contributed by atoms with Crippen LogP contribution in [0.1, 0.15) is 31.2 Å². The Morgan fingerprint density at radius 2 is 1.94 bits per heavy atom.